The fourth-order valence-electron chi connectivity index (χ4n) is 4.51. The molecule has 2 atom stereocenters. The largest absolute Gasteiger partial charge is 0.497 e. The van der Waals surface area contributed by atoms with E-state index >= 15 is 4.39 Å². The number of ether oxygens (including phenoxy) is 2. The molecule has 1 amide bonds. The van der Waals surface area contributed by atoms with Crippen LogP contribution in [-0.4, -0.2) is 83.3 Å². The molecule has 0 radical (unpaired) electrons. The number of fused-ring (bicyclic) bond motifs is 1. The molecule has 38 heavy (non-hydrogen) atoms. The van der Waals surface area contributed by atoms with Crippen molar-refractivity contribution in [1.29, 1.82) is 5.41 Å². The fraction of sp³-hybridized carbons (Fsp3) is 0.385. The molecule has 1 aliphatic rings. The maximum absolute atomic E-state index is 15.2. The predicted molar refractivity (Wildman–Crippen MR) is 140 cm³/mol. The van der Waals surface area contributed by atoms with E-state index in [-0.39, 0.29) is 36.5 Å². The number of likely N-dealkylation sites (tertiary alicyclic amines) is 1. The van der Waals surface area contributed by atoms with Gasteiger partial charge in [-0.2, -0.15) is 0 Å². The third kappa shape index (κ3) is 5.40. The van der Waals surface area contributed by atoms with Gasteiger partial charge in [-0.3, -0.25) is 14.8 Å². The molecule has 12 heteroatoms. The van der Waals surface area contributed by atoms with Crippen LogP contribution in [0.15, 0.2) is 40.4 Å². The maximum Gasteiger partial charge on any atom is 0.223 e. The van der Waals surface area contributed by atoms with Crippen LogP contribution < -0.4 is 15.0 Å². The van der Waals surface area contributed by atoms with Gasteiger partial charge in [-0.05, 0) is 18.6 Å². The Kier molecular flexibility index (Phi) is 8.41. The van der Waals surface area contributed by atoms with Crippen molar-refractivity contribution in [2.45, 2.75) is 31.3 Å². The molecular formula is C26H30FN7O4. The molecule has 200 valence electrons. The summed E-state index contributed by atoms with van der Waals surface area (Å²) in [6.07, 6.45) is 5.35. The Morgan fingerprint density at radius 2 is 2.13 bits per heavy atom. The number of nitrogens with zero attached hydrogens (tertiary/aromatic N) is 6. The molecule has 0 saturated carbocycles. The zero-order valence-corrected chi connectivity index (χ0v) is 21.5. The van der Waals surface area contributed by atoms with Crippen LogP contribution in [0.1, 0.15) is 24.5 Å². The van der Waals surface area contributed by atoms with Gasteiger partial charge in [-0.1, -0.05) is 0 Å². The minimum atomic E-state index is -0.652. The lowest BCUT2D eigenvalue weighted by molar-refractivity contribution is -0.129. The van der Waals surface area contributed by atoms with Gasteiger partial charge in [0, 0.05) is 51.1 Å². The number of halogens is 1. The van der Waals surface area contributed by atoms with E-state index < -0.39 is 11.7 Å². The molecule has 0 spiro atoms. The first-order chi connectivity index (χ1) is 18.4. The summed E-state index contributed by atoms with van der Waals surface area (Å²) in [5.41, 5.74) is 1.90. The Bertz CT molecular complexity index is 1440. The first-order valence-corrected chi connectivity index (χ1v) is 12.1. The number of rotatable bonds is 10. The number of carbonyl (C=O) groups is 1. The quantitative estimate of drug-likeness (QED) is 0.391. The van der Waals surface area contributed by atoms with E-state index in [2.05, 4.69) is 15.0 Å². The van der Waals surface area contributed by atoms with E-state index in [0.29, 0.717) is 47.5 Å². The van der Waals surface area contributed by atoms with Gasteiger partial charge in [0.1, 0.15) is 22.4 Å². The first-order valence-electron chi connectivity index (χ1n) is 12.1. The van der Waals surface area contributed by atoms with Crippen LogP contribution in [0.5, 0.6) is 11.5 Å². The summed E-state index contributed by atoms with van der Waals surface area (Å²) in [5.74, 6) is -0.812. The Balaban J connectivity index is 1.96. The summed E-state index contributed by atoms with van der Waals surface area (Å²) in [6.45, 7) is 0.346. The van der Waals surface area contributed by atoms with Crippen molar-refractivity contribution in [3.63, 3.8) is 0 Å². The monoisotopic (exact) mass is 523 g/mol. The van der Waals surface area contributed by atoms with Gasteiger partial charge in [0.25, 0.3) is 0 Å². The number of methoxy groups -OCH3 is 2. The number of carbonyl (C=O) groups excluding carboxylic acids is 1. The fourth-order valence-corrected chi connectivity index (χ4v) is 4.51. The van der Waals surface area contributed by atoms with Gasteiger partial charge >= 0.3 is 0 Å². The molecule has 0 bridgehead atoms. The maximum atomic E-state index is 15.2. The van der Waals surface area contributed by atoms with Crippen molar-refractivity contribution in [3.05, 3.63) is 47.5 Å². The highest BCUT2D eigenvalue weighted by Crippen LogP contribution is 2.32. The number of hydrogen-bond acceptors (Lipinski definition) is 9. The number of aliphatic hydroxyl groups excluding tert-OH is 1. The predicted octanol–water partition coefficient (Wildman–Crippen LogP) is 2.24. The second-order valence-electron chi connectivity index (χ2n) is 8.68. The highest BCUT2D eigenvalue weighted by molar-refractivity contribution is 5.88. The number of nitrogens with one attached hydrogen (secondary N) is 1. The molecule has 11 nitrogen and oxygen atoms in total. The zero-order valence-electron chi connectivity index (χ0n) is 21.5. The van der Waals surface area contributed by atoms with Crippen molar-refractivity contribution in [2.75, 3.05) is 34.4 Å². The van der Waals surface area contributed by atoms with E-state index in [0.717, 1.165) is 0 Å². The molecule has 2 N–H and O–H groups in total. The zero-order chi connectivity index (χ0) is 27.2. The third-order valence-corrected chi connectivity index (χ3v) is 6.42. The normalized spacial score (nSPS) is 17.0. The second kappa shape index (κ2) is 11.9. The van der Waals surface area contributed by atoms with Crippen LogP contribution in [0.25, 0.3) is 11.2 Å². The lowest BCUT2D eigenvalue weighted by Gasteiger charge is -2.25. The summed E-state index contributed by atoms with van der Waals surface area (Å²) in [7, 11) is 4.45. The summed E-state index contributed by atoms with van der Waals surface area (Å²) < 4.78 is 27.4. The lowest BCUT2D eigenvalue weighted by Crippen LogP contribution is -2.40. The van der Waals surface area contributed by atoms with Gasteiger partial charge in [0.15, 0.2) is 17.2 Å². The highest BCUT2D eigenvalue weighted by Gasteiger charge is 2.31. The molecule has 2 unspecified atom stereocenters. The molecular weight excluding hydrogens is 493 g/mol. The van der Waals surface area contributed by atoms with Gasteiger partial charge in [-0.25, -0.2) is 14.4 Å². The molecule has 3 heterocycles. The van der Waals surface area contributed by atoms with Crippen LogP contribution in [0.2, 0.25) is 0 Å². The number of β-amino-alcohol motifs (C(OH)–C–C–N with tert-alkyl or cyclic N) is 1. The van der Waals surface area contributed by atoms with Crippen LogP contribution in [0, 0.1) is 11.2 Å². The standard InChI is InChI=1S/C26H30FN7O4/c1-29-13-16(12-28)21-14-30-19-5-6-23(31-20-10-18(37-2)11-22(38-3)25(20)27)34(26(19)32-21)15-17-4-7-24(36)33(17)8-9-35/h5-6,10-14,16-17,28,35H,4,7-9,15H2,1-3H3. The van der Waals surface area contributed by atoms with E-state index in [9.17, 15) is 9.90 Å². The van der Waals surface area contributed by atoms with E-state index in [1.165, 1.54) is 32.6 Å². The number of aliphatic hydroxyl groups is 1. The summed E-state index contributed by atoms with van der Waals surface area (Å²) in [5, 5.41) is 17.3. The van der Waals surface area contributed by atoms with Gasteiger partial charge in [0.05, 0.1) is 44.7 Å². The number of aromatic nitrogens is 3. The highest BCUT2D eigenvalue weighted by atomic mass is 19.1. The van der Waals surface area contributed by atoms with Gasteiger partial charge in [0.2, 0.25) is 5.91 Å². The Labute approximate surface area is 218 Å². The Morgan fingerprint density at radius 3 is 2.82 bits per heavy atom. The molecule has 1 fully saturated rings. The average molecular weight is 524 g/mol. The van der Waals surface area contributed by atoms with Crippen LogP contribution in [-0.2, 0) is 11.3 Å². The summed E-state index contributed by atoms with van der Waals surface area (Å²) in [6, 6.07) is 6.11. The van der Waals surface area contributed by atoms with E-state index in [1.54, 1.807) is 41.1 Å². The molecule has 2 aromatic heterocycles. The Hall–Kier alpha value is -4.19. The topological polar surface area (TPSA) is 138 Å². The average Bonchev–Trinajstić information content (AvgIpc) is 3.28. The van der Waals surface area contributed by atoms with E-state index in [4.69, 9.17) is 19.9 Å². The second-order valence-corrected chi connectivity index (χ2v) is 8.68. The third-order valence-electron chi connectivity index (χ3n) is 6.42. The van der Waals surface area contributed by atoms with E-state index in [1.807, 2.05) is 0 Å². The van der Waals surface area contributed by atoms with Crippen molar-refractivity contribution in [2.24, 2.45) is 9.98 Å². The molecule has 0 aliphatic carbocycles. The number of aliphatic imine (C=N–C) groups is 1. The van der Waals surface area contributed by atoms with Crippen molar-refractivity contribution in [1.82, 2.24) is 19.4 Å². The number of benzene rings is 1. The van der Waals surface area contributed by atoms with Crippen molar-refractivity contribution < 1.29 is 23.8 Å². The number of pyridine rings is 1. The molecule has 3 aromatic rings. The smallest absolute Gasteiger partial charge is 0.223 e. The molecule has 1 aromatic carbocycles. The Morgan fingerprint density at radius 1 is 1.32 bits per heavy atom. The number of amides is 1. The minimum absolute atomic E-state index is 0.00334. The van der Waals surface area contributed by atoms with Gasteiger partial charge in [-0.15, -0.1) is 0 Å². The molecule has 4 rings (SSSR count). The number of hydrogen-bond donors (Lipinski definition) is 2. The van der Waals surface area contributed by atoms with Crippen LogP contribution in [0.3, 0.4) is 0 Å². The van der Waals surface area contributed by atoms with Crippen LogP contribution in [0.4, 0.5) is 10.1 Å². The summed E-state index contributed by atoms with van der Waals surface area (Å²) >= 11 is 0. The molecule has 1 aliphatic heterocycles. The van der Waals surface area contributed by atoms with Crippen LogP contribution >= 0.6 is 0 Å². The first kappa shape index (κ1) is 26.9. The minimum Gasteiger partial charge on any atom is -0.497 e. The molecule has 1 saturated heterocycles. The SMILES string of the molecule is CN=CC(C=N)c1cnc2ccc(=Nc3cc(OC)cc(OC)c3F)n(CC3CCC(=O)N3CCO)c2n1. The lowest BCUT2D eigenvalue weighted by atomic mass is 10.1. The van der Waals surface area contributed by atoms with Crippen molar-refractivity contribution >= 4 is 35.2 Å². The van der Waals surface area contributed by atoms with Gasteiger partial charge < -0.3 is 29.5 Å². The van der Waals surface area contributed by atoms with Crippen molar-refractivity contribution in [3.8, 4) is 11.5 Å². The summed E-state index contributed by atoms with van der Waals surface area (Å²) in [4.78, 5) is 32.1.